The molecule has 3 heteroatoms. The summed E-state index contributed by atoms with van der Waals surface area (Å²) in [6, 6.07) is 9.32. The van der Waals surface area contributed by atoms with Gasteiger partial charge in [0.25, 0.3) is 5.91 Å². The maximum Gasteiger partial charge on any atom is 0.254 e. The van der Waals surface area contributed by atoms with E-state index in [1.165, 1.54) is 0 Å². The molecule has 1 aromatic rings. The molecule has 1 heterocycles. The number of nitrogens with zero attached hydrogens (tertiary/aromatic N) is 2. The van der Waals surface area contributed by atoms with Gasteiger partial charge in [0.15, 0.2) is 0 Å². The average Bonchev–Trinajstić information content (AvgIpc) is 2.87. The molecule has 0 saturated carbocycles. The summed E-state index contributed by atoms with van der Waals surface area (Å²) in [5, 5.41) is 8.75. The first-order valence-electron chi connectivity index (χ1n) is 6.44. The van der Waals surface area contributed by atoms with Crippen LogP contribution in [0.4, 0.5) is 0 Å². The Morgan fingerprint density at radius 2 is 2.06 bits per heavy atom. The third-order valence-corrected chi connectivity index (χ3v) is 3.59. The van der Waals surface area contributed by atoms with E-state index in [2.05, 4.69) is 19.9 Å². The molecule has 94 valence electrons. The summed E-state index contributed by atoms with van der Waals surface area (Å²) in [7, 11) is 0. The summed E-state index contributed by atoms with van der Waals surface area (Å²) in [4.78, 5) is 14.4. The summed E-state index contributed by atoms with van der Waals surface area (Å²) >= 11 is 0. The first-order chi connectivity index (χ1) is 8.63. The molecule has 0 radical (unpaired) electrons. The lowest BCUT2D eigenvalue weighted by molar-refractivity contribution is 0.0701. The van der Waals surface area contributed by atoms with Crippen molar-refractivity contribution in [1.29, 1.82) is 5.26 Å². The van der Waals surface area contributed by atoms with E-state index in [4.69, 9.17) is 5.26 Å². The van der Waals surface area contributed by atoms with E-state index in [0.717, 1.165) is 19.4 Å². The maximum absolute atomic E-state index is 12.4. The maximum atomic E-state index is 12.4. The highest BCUT2D eigenvalue weighted by atomic mass is 16.2. The molecule has 1 aliphatic heterocycles. The molecule has 1 aliphatic rings. The molecule has 2 rings (SSSR count). The summed E-state index contributed by atoms with van der Waals surface area (Å²) in [5.41, 5.74) is 1.27. The molecule has 3 nitrogen and oxygen atoms in total. The van der Waals surface area contributed by atoms with E-state index >= 15 is 0 Å². The van der Waals surface area contributed by atoms with Gasteiger partial charge in [-0.05, 0) is 43.0 Å². The number of hydrogen-bond acceptors (Lipinski definition) is 2. The van der Waals surface area contributed by atoms with Gasteiger partial charge < -0.3 is 4.90 Å². The Balaban J connectivity index is 2.17. The molecule has 1 unspecified atom stereocenters. The Labute approximate surface area is 108 Å². The highest BCUT2D eigenvalue weighted by Gasteiger charge is 2.31. The van der Waals surface area contributed by atoms with Crippen LogP contribution in [0.1, 0.15) is 42.6 Å². The van der Waals surface area contributed by atoms with Crippen LogP contribution in [0.25, 0.3) is 0 Å². The number of benzene rings is 1. The van der Waals surface area contributed by atoms with Gasteiger partial charge in [-0.3, -0.25) is 4.79 Å². The molecule has 1 saturated heterocycles. The topological polar surface area (TPSA) is 44.1 Å². The van der Waals surface area contributed by atoms with Crippen molar-refractivity contribution in [2.45, 2.75) is 32.7 Å². The fourth-order valence-electron chi connectivity index (χ4n) is 2.59. The van der Waals surface area contributed by atoms with E-state index in [1.807, 2.05) is 4.90 Å². The van der Waals surface area contributed by atoms with Gasteiger partial charge in [-0.15, -0.1) is 0 Å². The fraction of sp³-hybridized carbons (Fsp3) is 0.467. The van der Waals surface area contributed by atoms with E-state index < -0.39 is 0 Å². The molecule has 18 heavy (non-hydrogen) atoms. The standard InChI is InChI=1S/C15H18N2O/c1-11(2)14-4-3-9-17(14)15(18)13-7-5-12(10-16)6-8-13/h5-8,11,14H,3-4,9H2,1-2H3. The second-order valence-electron chi connectivity index (χ2n) is 5.14. The van der Waals surface area contributed by atoms with Crippen molar-refractivity contribution in [2.75, 3.05) is 6.54 Å². The van der Waals surface area contributed by atoms with Crippen LogP contribution in [0.3, 0.4) is 0 Å². The molecule has 1 atom stereocenters. The van der Waals surface area contributed by atoms with Gasteiger partial charge in [0.2, 0.25) is 0 Å². The Morgan fingerprint density at radius 3 is 2.61 bits per heavy atom. The van der Waals surface area contributed by atoms with Crippen LogP contribution in [0.15, 0.2) is 24.3 Å². The molecule has 0 N–H and O–H groups in total. The summed E-state index contributed by atoms with van der Waals surface area (Å²) < 4.78 is 0. The van der Waals surface area contributed by atoms with Crippen LogP contribution in [0.5, 0.6) is 0 Å². The lowest BCUT2D eigenvalue weighted by Crippen LogP contribution is -2.38. The van der Waals surface area contributed by atoms with Crippen molar-refractivity contribution in [3.63, 3.8) is 0 Å². The number of carbonyl (C=O) groups is 1. The number of carbonyl (C=O) groups excluding carboxylic acids is 1. The van der Waals surface area contributed by atoms with Crippen LogP contribution in [-0.4, -0.2) is 23.4 Å². The lowest BCUT2D eigenvalue weighted by atomic mass is 10.0. The van der Waals surface area contributed by atoms with Gasteiger partial charge in [-0.25, -0.2) is 0 Å². The lowest BCUT2D eigenvalue weighted by Gasteiger charge is -2.27. The molecule has 1 aromatic carbocycles. The molecular weight excluding hydrogens is 224 g/mol. The Kier molecular flexibility index (Phi) is 3.66. The van der Waals surface area contributed by atoms with Crippen molar-refractivity contribution in [1.82, 2.24) is 4.90 Å². The van der Waals surface area contributed by atoms with Gasteiger partial charge in [0.05, 0.1) is 11.6 Å². The second kappa shape index (κ2) is 5.22. The number of likely N-dealkylation sites (tertiary alicyclic amines) is 1. The first-order valence-corrected chi connectivity index (χ1v) is 6.44. The van der Waals surface area contributed by atoms with Gasteiger partial charge >= 0.3 is 0 Å². The SMILES string of the molecule is CC(C)C1CCCN1C(=O)c1ccc(C#N)cc1. The van der Waals surface area contributed by atoms with Gasteiger partial charge in [-0.1, -0.05) is 13.8 Å². The number of amides is 1. The number of nitriles is 1. The molecule has 0 spiro atoms. The van der Waals surface area contributed by atoms with E-state index in [-0.39, 0.29) is 5.91 Å². The summed E-state index contributed by atoms with van der Waals surface area (Å²) in [5.74, 6) is 0.588. The Morgan fingerprint density at radius 1 is 1.39 bits per heavy atom. The average molecular weight is 242 g/mol. The van der Waals surface area contributed by atoms with Crippen LogP contribution < -0.4 is 0 Å². The minimum atomic E-state index is 0.0932. The van der Waals surface area contributed by atoms with E-state index in [0.29, 0.717) is 23.1 Å². The fourth-order valence-corrected chi connectivity index (χ4v) is 2.59. The zero-order chi connectivity index (χ0) is 13.1. The molecule has 0 bridgehead atoms. The van der Waals surface area contributed by atoms with Crippen LogP contribution in [-0.2, 0) is 0 Å². The predicted octanol–water partition coefficient (Wildman–Crippen LogP) is 2.82. The minimum absolute atomic E-state index is 0.0932. The molecule has 0 aromatic heterocycles. The normalized spacial score (nSPS) is 19.0. The highest BCUT2D eigenvalue weighted by Crippen LogP contribution is 2.25. The quantitative estimate of drug-likeness (QED) is 0.800. The zero-order valence-corrected chi connectivity index (χ0v) is 10.9. The largest absolute Gasteiger partial charge is 0.335 e. The summed E-state index contributed by atoms with van der Waals surface area (Å²) in [6.07, 6.45) is 2.19. The van der Waals surface area contributed by atoms with Crippen molar-refractivity contribution < 1.29 is 4.79 Å². The predicted molar refractivity (Wildman–Crippen MR) is 70.1 cm³/mol. The van der Waals surface area contributed by atoms with Gasteiger partial charge in [0.1, 0.15) is 0 Å². The number of rotatable bonds is 2. The molecular formula is C15H18N2O. The smallest absolute Gasteiger partial charge is 0.254 e. The third kappa shape index (κ3) is 2.38. The third-order valence-electron chi connectivity index (χ3n) is 3.59. The van der Waals surface area contributed by atoms with Crippen molar-refractivity contribution in [3.8, 4) is 6.07 Å². The number of hydrogen-bond donors (Lipinski definition) is 0. The minimum Gasteiger partial charge on any atom is -0.335 e. The first kappa shape index (κ1) is 12.6. The molecule has 1 fully saturated rings. The van der Waals surface area contributed by atoms with Crippen LogP contribution in [0.2, 0.25) is 0 Å². The molecule has 0 aliphatic carbocycles. The van der Waals surface area contributed by atoms with Gasteiger partial charge in [-0.2, -0.15) is 5.26 Å². The highest BCUT2D eigenvalue weighted by molar-refractivity contribution is 5.94. The van der Waals surface area contributed by atoms with Crippen molar-refractivity contribution in [3.05, 3.63) is 35.4 Å². The van der Waals surface area contributed by atoms with E-state index in [1.54, 1.807) is 24.3 Å². The second-order valence-corrected chi connectivity index (χ2v) is 5.14. The zero-order valence-electron chi connectivity index (χ0n) is 10.9. The Bertz CT molecular complexity index is 470. The van der Waals surface area contributed by atoms with Crippen LogP contribution in [0, 0.1) is 17.2 Å². The molecule has 1 amide bonds. The van der Waals surface area contributed by atoms with Crippen molar-refractivity contribution in [2.24, 2.45) is 5.92 Å². The van der Waals surface area contributed by atoms with Crippen molar-refractivity contribution >= 4 is 5.91 Å². The summed E-state index contributed by atoms with van der Waals surface area (Å²) in [6.45, 7) is 5.17. The Hall–Kier alpha value is -1.82. The van der Waals surface area contributed by atoms with Gasteiger partial charge in [0, 0.05) is 18.2 Å². The van der Waals surface area contributed by atoms with Crippen LogP contribution >= 0.6 is 0 Å². The monoisotopic (exact) mass is 242 g/mol. The van der Waals surface area contributed by atoms with E-state index in [9.17, 15) is 4.79 Å².